The summed E-state index contributed by atoms with van der Waals surface area (Å²) >= 11 is 1.40. The van der Waals surface area contributed by atoms with Gasteiger partial charge in [-0.15, -0.1) is 10.2 Å². The number of hydrogen-bond donors (Lipinski definition) is 1. The molecule has 0 radical (unpaired) electrons. The zero-order valence-corrected chi connectivity index (χ0v) is 17.4. The van der Waals surface area contributed by atoms with E-state index in [0.717, 1.165) is 29.7 Å². The Morgan fingerprint density at radius 3 is 2.68 bits per heavy atom. The molecule has 28 heavy (non-hydrogen) atoms. The highest BCUT2D eigenvalue weighted by molar-refractivity contribution is 7.99. The average Bonchev–Trinajstić information content (AvgIpc) is 3.15. The molecule has 1 heterocycles. The van der Waals surface area contributed by atoms with Crippen molar-refractivity contribution in [3.05, 3.63) is 71.5 Å². The lowest BCUT2D eigenvalue weighted by atomic mass is 10.0. The molecule has 0 unspecified atom stereocenters. The molecular formula is C22H26N4OS. The summed E-state index contributed by atoms with van der Waals surface area (Å²) < 4.78 is 1.94. The first kappa shape index (κ1) is 20.1. The largest absolute Gasteiger partial charge is 0.349 e. The van der Waals surface area contributed by atoms with Gasteiger partial charge in [0, 0.05) is 0 Å². The van der Waals surface area contributed by atoms with Crippen molar-refractivity contribution < 1.29 is 4.79 Å². The first-order chi connectivity index (χ1) is 13.6. The molecule has 5 nitrogen and oxygen atoms in total. The normalized spacial score (nSPS) is 12.0. The molecule has 1 aromatic heterocycles. The maximum Gasteiger partial charge on any atom is 0.230 e. The summed E-state index contributed by atoms with van der Waals surface area (Å²) in [6.07, 6.45) is 3.62. The molecule has 1 atom stereocenters. The van der Waals surface area contributed by atoms with Crippen LogP contribution in [0.1, 0.15) is 42.5 Å². The molecule has 0 aliphatic heterocycles. The van der Waals surface area contributed by atoms with Crippen LogP contribution in [0.3, 0.4) is 0 Å². The van der Waals surface area contributed by atoms with E-state index >= 15 is 0 Å². The third-order valence-corrected chi connectivity index (χ3v) is 5.52. The van der Waals surface area contributed by atoms with Crippen LogP contribution < -0.4 is 5.32 Å². The van der Waals surface area contributed by atoms with Crippen LogP contribution in [0.2, 0.25) is 0 Å². The Morgan fingerprint density at radius 1 is 1.18 bits per heavy atom. The fourth-order valence-corrected chi connectivity index (χ4v) is 3.96. The van der Waals surface area contributed by atoms with E-state index in [1.54, 1.807) is 6.33 Å². The molecule has 1 N–H and O–H groups in total. The zero-order chi connectivity index (χ0) is 19.9. The lowest BCUT2D eigenvalue weighted by Crippen LogP contribution is -2.30. The molecule has 0 bridgehead atoms. The number of nitrogens with zero attached hydrogens (tertiary/aromatic N) is 3. The molecule has 2 aromatic carbocycles. The lowest BCUT2D eigenvalue weighted by Gasteiger charge is -2.18. The minimum Gasteiger partial charge on any atom is -0.349 e. The molecule has 0 aliphatic carbocycles. The number of rotatable bonds is 8. The molecular weight excluding hydrogens is 368 g/mol. The Bertz CT molecular complexity index is 923. The summed E-state index contributed by atoms with van der Waals surface area (Å²) in [5, 5.41) is 12.1. The molecule has 146 valence electrons. The summed E-state index contributed by atoms with van der Waals surface area (Å²) in [5.74, 6) is 0.305. The van der Waals surface area contributed by atoms with Crippen molar-refractivity contribution in [3.63, 3.8) is 0 Å². The second-order valence-corrected chi connectivity index (χ2v) is 7.82. The molecule has 0 fully saturated rings. The van der Waals surface area contributed by atoms with Crippen LogP contribution in [-0.4, -0.2) is 26.4 Å². The molecule has 6 heteroatoms. The third-order valence-electron chi connectivity index (χ3n) is 4.58. The smallest absolute Gasteiger partial charge is 0.230 e. The van der Waals surface area contributed by atoms with Crippen LogP contribution in [0.5, 0.6) is 0 Å². The number of carbonyl (C=O) groups is 1. The summed E-state index contributed by atoms with van der Waals surface area (Å²) in [6.45, 7) is 6.27. The van der Waals surface area contributed by atoms with Gasteiger partial charge in [-0.05, 0) is 37.5 Å². The van der Waals surface area contributed by atoms with E-state index in [2.05, 4.69) is 66.6 Å². The maximum absolute atomic E-state index is 12.6. The number of benzene rings is 2. The van der Waals surface area contributed by atoms with Crippen molar-refractivity contribution in [1.29, 1.82) is 0 Å². The average molecular weight is 395 g/mol. The monoisotopic (exact) mass is 394 g/mol. The van der Waals surface area contributed by atoms with Gasteiger partial charge in [0.15, 0.2) is 5.16 Å². The van der Waals surface area contributed by atoms with Gasteiger partial charge in [-0.1, -0.05) is 73.1 Å². The molecule has 0 spiro atoms. The number of aryl methyl sites for hydroxylation is 2. The van der Waals surface area contributed by atoms with Crippen molar-refractivity contribution in [3.8, 4) is 5.69 Å². The molecule has 1 amide bonds. The fourth-order valence-electron chi connectivity index (χ4n) is 3.23. The van der Waals surface area contributed by atoms with Gasteiger partial charge in [-0.25, -0.2) is 0 Å². The summed E-state index contributed by atoms with van der Waals surface area (Å²) in [4.78, 5) is 12.6. The van der Waals surface area contributed by atoms with E-state index in [4.69, 9.17) is 0 Å². The van der Waals surface area contributed by atoms with E-state index in [1.165, 1.54) is 17.3 Å². The second-order valence-electron chi connectivity index (χ2n) is 6.88. The standard InChI is InChI=1S/C22H26N4OS/c1-4-8-19(18-9-6-5-7-10-18)24-21(27)14-28-22-25-23-15-26(22)20-12-11-16(2)13-17(20)3/h5-7,9-13,15,19H,4,8,14H2,1-3H3,(H,24,27)/t19-/m0/s1. The van der Waals surface area contributed by atoms with Gasteiger partial charge in [0.25, 0.3) is 0 Å². The number of hydrogen-bond acceptors (Lipinski definition) is 4. The van der Waals surface area contributed by atoms with Crippen molar-refractivity contribution in [2.45, 2.75) is 44.8 Å². The first-order valence-electron chi connectivity index (χ1n) is 9.53. The van der Waals surface area contributed by atoms with Gasteiger partial charge in [0.2, 0.25) is 5.91 Å². The molecule has 3 rings (SSSR count). The maximum atomic E-state index is 12.6. The number of aromatic nitrogens is 3. The summed E-state index contributed by atoms with van der Waals surface area (Å²) in [5.41, 5.74) is 4.54. The topological polar surface area (TPSA) is 59.8 Å². The Morgan fingerprint density at radius 2 is 1.96 bits per heavy atom. The third kappa shape index (κ3) is 5.01. The highest BCUT2D eigenvalue weighted by atomic mass is 32.2. The lowest BCUT2D eigenvalue weighted by molar-refractivity contribution is -0.119. The highest BCUT2D eigenvalue weighted by Crippen LogP contribution is 2.23. The number of amides is 1. The Kier molecular flexibility index (Phi) is 6.87. The van der Waals surface area contributed by atoms with Gasteiger partial charge >= 0.3 is 0 Å². The van der Waals surface area contributed by atoms with Gasteiger partial charge in [0.1, 0.15) is 6.33 Å². The van der Waals surface area contributed by atoms with E-state index in [1.807, 2.05) is 22.8 Å². The van der Waals surface area contributed by atoms with Crippen LogP contribution >= 0.6 is 11.8 Å². The van der Waals surface area contributed by atoms with Gasteiger partial charge in [-0.2, -0.15) is 0 Å². The summed E-state index contributed by atoms with van der Waals surface area (Å²) in [6, 6.07) is 16.4. The zero-order valence-electron chi connectivity index (χ0n) is 16.6. The van der Waals surface area contributed by atoms with Gasteiger partial charge in [-0.3, -0.25) is 9.36 Å². The van der Waals surface area contributed by atoms with Crippen molar-refractivity contribution in [1.82, 2.24) is 20.1 Å². The Balaban J connectivity index is 1.66. The highest BCUT2D eigenvalue weighted by Gasteiger charge is 2.16. The van der Waals surface area contributed by atoms with Crippen LogP contribution in [0.25, 0.3) is 5.69 Å². The number of thioether (sulfide) groups is 1. The SMILES string of the molecule is CCC[C@H](NC(=O)CSc1nncn1-c1ccc(C)cc1C)c1ccccc1. The van der Waals surface area contributed by atoms with E-state index in [0.29, 0.717) is 10.9 Å². The van der Waals surface area contributed by atoms with Crippen molar-refractivity contribution in [2.24, 2.45) is 0 Å². The fraction of sp³-hybridized carbons (Fsp3) is 0.318. The second kappa shape index (κ2) is 9.55. The predicted octanol–water partition coefficient (Wildman–Crippen LogP) is 4.63. The minimum absolute atomic E-state index is 0.00230. The first-order valence-corrected chi connectivity index (χ1v) is 10.5. The Hall–Kier alpha value is -2.60. The number of nitrogens with one attached hydrogen (secondary N) is 1. The molecule has 3 aromatic rings. The van der Waals surface area contributed by atoms with Gasteiger partial charge < -0.3 is 5.32 Å². The van der Waals surface area contributed by atoms with Crippen LogP contribution in [0.15, 0.2) is 60.0 Å². The minimum atomic E-state index is 0.00230. The molecule has 0 saturated carbocycles. The van der Waals surface area contributed by atoms with E-state index in [9.17, 15) is 4.79 Å². The Labute approximate surface area is 170 Å². The quantitative estimate of drug-likeness (QED) is 0.566. The van der Waals surface area contributed by atoms with Crippen molar-refractivity contribution >= 4 is 17.7 Å². The van der Waals surface area contributed by atoms with Crippen molar-refractivity contribution in [2.75, 3.05) is 5.75 Å². The van der Waals surface area contributed by atoms with Gasteiger partial charge in [0.05, 0.1) is 17.5 Å². The predicted molar refractivity (Wildman–Crippen MR) is 114 cm³/mol. The van der Waals surface area contributed by atoms with E-state index in [-0.39, 0.29) is 11.9 Å². The molecule has 0 saturated heterocycles. The van der Waals surface area contributed by atoms with Crippen LogP contribution in [-0.2, 0) is 4.79 Å². The molecule has 0 aliphatic rings. The number of carbonyl (C=O) groups excluding carboxylic acids is 1. The summed E-state index contributed by atoms with van der Waals surface area (Å²) in [7, 11) is 0. The van der Waals surface area contributed by atoms with E-state index < -0.39 is 0 Å². The van der Waals surface area contributed by atoms with Crippen LogP contribution in [0, 0.1) is 13.8 Å². The van der Waals surface area contributed by atoms with Crippen LogP contribution in [0.4, 0.5) is 0 Å².